The van der Waals surface area contributed by atoms with Gasteiger partial charge in [0.15, 0.2) is 11.0 Å². The Labute approximate surface area is 188 Å². The monoisotopic (exact) mass is 446 g/mol. The molecule has 5 rings (SSSR count). The highest BCUT2D eigenvalue weighted by molar-refractivity contribution is 7.98. The third-order valence-electron chi connectivity index (χ3n) is 5.35. The zero-order valence-corrected chi connectivity index (χ0v) is 18.7. The molecule has 0 unspecified atom stereocenters. The molecule has 0 amide bonds. The highest BCUT2D eigenvalue weighted by atomic mass is 32.2. The lowest BCUT2D eigenvalue weighted by Crippen LogP contribution is -2.21. The molecule has 0 bridgehead atoms. The van der Waals surface area contributed by atoms with Crippen molar-refractivity contribution in [1.82, 2.24) is 39.4 Å². The molecule has 0 radical (unpaired) electrons. The highest BCUT2D eigenvalue weighted by Gasteiger charge is 2.18. The molecule has 0 saturated carbocycles. The Morgan fingerprint density at radius 2 is 1.81 bits per heavy atom. The van der Waals surface area contributed by atoms with E-state index in [-0.39, 0.29) is 5.56 Å². The van der Waals surface area contributed by atoms with Gasteiger partial charge >= 0.3 is 0 Å². The van der Waals surface area contributed by atoms with Crippen molar-refractivity contribution in [3.8, 4) is 5.69 Å². The molecule has 0 atom stereocenters. The first-order valence-corrected chi connectivity index (χ1v) is 11.5. The Kier molecular flexibility index (Phi) is 5.44. The van der Waals surface area contributed by atoms with E-state index >= 15 is 0 Å². The van der Waals surface area contributed by atoms with E-state index < -0.39 is 0 Å². The van der Waals surface area contributed by atoms with Crippen molar-refractivity contribution < 1.29 is 0 Å². The highest BCUT2D eigenvalue weighted by Crippen LogP contribution is 2.25. The van der Waals surface area contributed by atoms with Gasteiger partial charge in [-0.15, -0.1) is 15.3 Å². The van der Waals surface area contributed by atoms with Crippen molar-refractivity contribution >= 4 is 28.4 Å². The van der Waals surface area contributed by atoms with E-state index in [4.69, 9.17) is 0 Å². The number of benzene rings is 2. The molecule has 0 saturated heterocycles. The molecule has 32 heavy (non-hydrogen) atoms. The van der Waals surface area contributed by atoms with Crippen molar-refractivity contribution in [1.29, 1.82) is 0 Å². The van der Waals surface area contributed by atoms with E-state index in [1.807, 2.05) is 64.5 Å². The predicted molar refractivity (Wildman–Crippen MR) is 123 cm³/mol. The van der Waals surface area contributed by atoms with E-state index in [0.717, 1.165) is 42.0 Å². The molecule has 0 fully saturated rings. The number of rotatable bonds is 7. The van der Waals surface area contributed by atoms with Gasteiger partial charge in [0.25, 0.3) is 5.56 Å². The summed E-state index contributed by atoms with van der Waals surface area (Å²) in [4.78, 5) is 13.4. The van der Waals surface area contributed by atoms with Crippen LogP contribution in [-0.2, 0) is 12.3 Å². The topological polar surface area (TPSA) is 95.8 Å². The molecule has 0 aliphatic carbocycles. The molecule has 3 aromatic heterocycles. The van der Waals surface area contributed by atoms with Gasteiger partial charge in [0, 0.05) is 6.54 Å². The molecule has 9 nitrogen and oxygen atoms in total. The number of thioether (sulfide) groups is 1. The Bertz CT molecular complexity index is 1450. The number of nitrogens with zero attached hydrogens (tertiary/aromatic N) is 8. The van der Waals surface area contributed by atoms with Crippen LogP contribution in [-0.4, -0.2) is 39.4 Å². The molecule has 10 heteroatoms. The van der Waals surface area contributed by atoms with Crippen LogP contribution in [0.3, 0.4) is 0 Å². The maximum absolute atomic E-state index is 13.4. The van der Waals surface area contributed by atoms with Crippen molar-refractivity contribution in [3.05, 3.63) is 70.3 Å². The molecule has 0 aliphatic heterocycles. The SMILES string of the molecule is CCCCn1nnnc1CSc1nnc2n(-c3ccc(C)cc3)c(=O)c3ccccc3n12. The molecule has 2 aromatic carbocycles. The Morgan fingerprint density at radius 3 is 2.62 bits per heavy atom. The third kappa shape index (κ3) is 3.56. The molecule has 5 aromatic rings. The lowest BCUT2D eigenvalue weighted by molar-refractivity contribution is 0.540. The molecule has 0 aliphatic rings. The molecule has 0 N–H and O–H groups in total. The van der Waals surface area contributed by atoms with Crippen LogP contribution in [0.1, 0.15) is 31.2 Å². The summed E-state index contributed by atoms with van der Waals surface area (Å²) in [6, 6.07) is 15.4. The van der Waals surface area contributed by atoms with Gasteiger partial charge in [0.1, 0.15) is 0 Å². The lowest BCUT2D eigenvalue weighted by atomic mass is 10.2. The lowest BCUT2D eigenvalue weighted by Gasteiger charge is -2.11. The summed E-state index contributed by atoms with van der Waals surface area (Å²) in [5.74, 6) is 1.82. The minimum absolute atomic E-state index is 0.121. The first kappa shape index (κ1) is 20.4. The average Bonchev–Trinajstić information content (AvgIpc) is 3.44. The second kappa shape index (κ2) is 8.54. The quantitative estimate of drug-likeness (QED) is 0.354. The van der Waals surface area contributed by atoms with Gasteiger partial charge in [-0.3, -0.25) is 9.20 Å². The zero-order valence-electron chi connectivity index (χ0n) is 17.8. The summed E-state index contributed by atoms with van der Waals surface area (Å²) < 4.78 is 5.38. The summed E-state index contributed by atoms with van der Waals surface area (Å²) >= 11 is 1.50. The van der Waals surface area contributed by atoms with E-state index in [0.29, 0.717) is 22.1 Å². The van der Waals surface area contributed by atoms with Crippen LogP contribution in [0.15, 0.2) is 58.5 Å². The van der Waals surface area contributed by atoms with Gasteiger partial charge in [0.05, 0.1) is 22.3 Å². The number of aryl methyl sites for hydroxylation is 2. The maximum Gasteiger partial charge on any atom is 0.267 e. The zero-order chi connectivity index (χ0) is 22.1. The first-order valence-electron chi connectivity index (χ1n) is 10.5. The van der Waals surface area contributed by atoms with E-state index in [1.165, 1.54) is 11.8 Å². The van der Waals surface area contributed by atoms with Gasteiger partial charge in [-0.2, -0.15) is 0 Å². The van der Waals surface area contributed by atoms with Crippen LogP contribution in [0.2, 0.25) is 0 Å². The number of hydrogen-bond acceptors (Lipinski definition) is 7. The third-order valence-corrected chi connectivity index (χ3v) is 6.27. The van der Waals surface area contributed by atoms with Gasteiger partial charge in [-0.05, 0) is 48.0 Å². The van der Waals surface area contributed by atoms with Crippen molar-refractivity contribution in [3.63, 3.8) is 0 Å². The van der Waals surface area contributed by atoms with Crippen LogP contribution < -0.4 is 5.56 Å². The summed E-state index contributed by atoms with van der Waals surface area (Å²) in [5.41, 5.74) is 2.53. The first-order chi connectivity index (χ1) is 15.7. The number of unbranched alkanes of at least 4 members (excludes halogenated alkanes) is 1. The van der Waals surface area contributed by atoms with Crippen LogP contribution in [0.25, 0.3) is 22.4 Å². The van der Waals surface area contributed by atoms with Crippen molar-refractivity contribution in [2.24, 2.45) is 0 Å². The van der Waals surface area contributed by atoms with Crippen molar-refractivity contribution in [2.75, 3.05) is 0 Å². The van der Waals surface area contributed by atoms with Gasteiger partial charge < -0.3 is 0 Å². The fourth-order valence-electron chi connectivity index (χ4n) is 3.64. The fraction of sp³-hybridized carbons (Fsp3) is 0.273. The van der Waals surface area contributed by atoms with Gasteiger partial charge in [-0.25, -0.2) is 9.25 Å². The molecule has 3 heterocycles. The number of aromatic nitrogens is 8. The molecular weight excluding hydrogens is 424 g/mol. The number of hydrogen-bond donors (Lipinski definition) is 0. The molecule has 162 valence electrons. The normalized spacial score (nSPS) is 11.6. The summed E-state index contributed by atoms with van der Waals surface area (Å²) in [6.45, 7) is 4.94. The Morgan fingerprint density at radius 1 is 1.00 bits per heavy atom. The minimum atomic E-state index is -0.121. The summed E-state index contributed by atoms with van der Waals surface area (Å²) in [5, 5.41) is 22.2. The number of tetrazole rings is 1. The van der Waals surface area contributed by atoms with Crippen LogP contribution in [0.5, 0.6) is 0 Å². The predicted octanol–water partition coefficient (Wildman–Crippen LogP) is 3.42. The largest absolute Gasteiger partial charge is 0.268 e. The van der Waals surface area contributed by atoms with E-state index in [2.05, 4.69) is 32.6 Å². The van der Waals surface area contributed by atoms with Gasteiger partial charge in [-0.1, -0.05) is 54.9 Å². The second-order valence-electron chi connectivity index (χ2n) is 7.57. The second-order valence-corrected chi connectivity index (χ2v) is 8.51. The van der Waals surface area contributed by atoms with Crippen molar-refractivity contribution in [2.45, 2.75) is 44.1 Å². The van der Waals surface area contributed by atoms with Crippen LogP contribution >= 0.6 is 11.8 Å². The molecule has 0 spiro atoms. The Balaban J connectivity index is 1.62. The number of para-hydroxylation sites is 1. The van der Waals surface area contributed by atoms with Gasteiger partial charge in [0.2, 0.25) is 5.78 Å². The Hall–Kier alpha value is -3.53. The van der Waals surface area contributed by atoms with E-state index in [9.17, 15) is 4.79 Å². The van der Waals surface area contributed by atoms with Crippen LogP contribution in [0, 0.1) is 6.92 Å². The summed E-state index contributed by atoms with van der Waals surface area (Å²) in [6.07, 6.45) is 2.09. The average molecular weight is 447 g/mol. The molecular formula is C22H22N8OS. The maximum atomic E-state index is 13.4. The minimum Gasteiger partial charge on any atom is -0.268 e. The summed E-state index contributed by atoms with van der Waals surface area (Å²) in [7, 11) is 0. The fourth-order valence-corrected chi connectivity index (χ4v) is 4.51. The van der Waals surface area contributed by atoms with E-state index in [1.54, 1.807) is 4.57 Å². The number of fused-ring (bicyclic) bond motifs is 3. The smallest absolute Gasteiger partial charge is 0.267 e. The standard InChI is InChI=1S/C22H22N8OS/c1-3-4-13-28-19(23-26-27-28)14-32-22-25-24-21-29(16-11-9-15(2)10-12-16)20(31)17-7-5-6-8-18(17)30(21)22/h5-12H,3-4,13-14H2,1-2H3. The van der Waals surface area contributed by atoms with Crippen LogP contribution in [0.4, 0.5) is 0 Å².